The van der Waals surface area contributed by atoms with Crippen molar-refractivity contribution >= 4 is 17.5 Å². The number of nitrogens with one attached hydrogen (secondary N) is 2. The van der Waals surface area contributed by atoms with Gasteiger partial charge in [-0.1, -0.05) is 18.2 Å². The molecule has 2 rings (SSSR count). The van der Waals surface area contributed by atoms with Gasteiger partial charge in [-0.2, -0.15) is 0 Å². The second-order valence-electron chi connectivity index (χ2n) is 5.54. The van der Waals surface area contributed by atoms with Crippen LogP contribution in [0.1, 0.15) is 10.4 Å². The molecule has 1 atom stereocenters. The highest BCUT2D eigenvalue weighted by Crippen LogP contribution is 2.09. The van der Waals surface area contributed by atoms with E-state index in [0.29, 0.717) is 30.9 Å². The summed E-state index contributed by atoms with van der Waals surface area (Å²) in [6.07, 6.45) is 0. The fourth-order valence-electron chi connectivity index (χ4n) is 2.15. The van der Waals surface area contributed by atoms with E-state index in [4.69, 9.17) is 10.5 Å². The van der Waals surface area contributed by atoms with Gasteiger partial charge in [-0.3, -0.25) is 9.59 Å². The fraction of sp³-hybridized carbons (Fsp3) is 0.222. The average Bonchev–Trinajstić information content (AvgIpc) is 2.56. The zero-order chi connectivity index (χ0) is 17.4. The first-order chi connectivity index (χ1) is 11.5. The molecule has 0 aliphatic rings. The maximum absolute atomic E-state index is 12.0. The van der Waals surface area contributed by atoms with Crippen molar-refractivity contribution in [1.82, 2.24) is 0 Å². The third-order valence-corrected chi connectivity index (χ3v) is 3.46. The molecule has 6 nitrogen and oxygen atoms in total. The van der Waals surface area contributed by atoms with Gasteiger partial charge in [-0.25, -0.2) is 0 Å². The summed E-state index contributed by atoms with van der Waals surface area (Å²) in [5, 5.41) is 2.79. The lowest BCUT2D eigenvalue weighted by Crippen LogP contribution is -3.10. The van der Waals surface area contributed by atoms with Crippen molar-refractivity contribution in [2.24, 2.45) is 5.73 Å². The summed E-state index contributed by atoms with van der Waals surface area (Å²) >= 11 is 0. The third-order valence-electron chi connectivity index (χ3n) is 3.46. The van der Waals surface area contributed by atoms with Crippen LogP contribution >= 0.6 is 0 Å². The molecular weight excluding hydrogens is 306 g/mol. The number of carbonyl (C=O) groups excluding carboxylic acids is 2. The molecule has 2 amide bonds. The number of nitrogens with two attached hydrogens (primary N) is 1. The van der Waals surface area contributed by atoms with Crippen LogP contribution in [0, 0.1) is 0 Å². The van der Waals surface area contributed by atoms with Gasteiger partial charge in [0.1, 0.15) is 18.9 Å². The van der Waals surface area contributed by atoms with E-state index in [0.717, 1.165) is 10.6 Å². The second-order valence-corrected chi connectivity index (χ2v) is 5.54. The van der Waals surface area contributed by atoms with Gasteiger partial charge >= 0.3 is 0 Å². The maximum Gasteiger partial charge on any atom is 0.279 e. The fourth-order valence-corrected chi connectivity index (χ4v) is 2.15. The van der Waals surface area contributed by atoms with E-state index in [-0.39, 0.29) is 5.91 Å². The Hall–Kier alpha value is -2.86. The van der Waals surface area contributed by atoms with E-state index in [1.54, 1.807) is 24.3 Å². The standard InChI is InChI=1S/C18H21N3O3/c1-21(11-12-24-16-5-3-2-4-6-16)13-17(22)20-15-9-7-14(8-10-15)18(19)23/h2-10H,11-13H2,1H3,(H2,19,23)(H,20,22)/p+1. The van der Waals surface area contributed by atoms with Crippen LogP contribution in [0.2, 0.25) is 0 Å². The van der Waals surface area contributed by atoms with E-state index in [9.17, 15) is 9.59 Å². The molecule has 2 aromatic carbocycles. The number of quaternary nitrogens is 1. The highest BCUT2D eigenvalue weighted by Gasteiger charge is 2.10. The van der Waals surface area contributed by atoms with Crippen molar-refractivity contribution in [3.63, 3.8) is 0 Å². The molecule has 0 radical (unpaired) electrons. The Balaban J connectivity index is 1.72. The predicted molar refractivity (Wildman–Crippen MR) is 92.1 cm³/mol. The van der Waals surface area contributed by atoms with Crippen molar-refractivity contribution in [3.8, 4) is 5.75 Å². The number of amides is 2. The summed E-state index contributed by atoms with van der Waals surface area (Å²) < 4.78 is 5.62. The Bertz CT molecular complexity index is 672. The second kappa shape index (κ2) is 8.69. The highest BCUT2D eigenvalue weighted by molar-refractivity contribution is 5.95. The number of anilines is 1. The monoisotopic (exact) mass is 328 g/mol. The van der Waals surface area contributed by atoms with Crippen molar-refractivity contribution in [2.45, 2.75) is 0 Å². The number of carbonyl (C=O) groups is 2. The summed E-state index contributed by atoms with van der Waals surface area (Å²) in [5.41, 5.74) is 6.23. The summed E-state index contributed by atoms with van der Waals surface area (Å²) in [6.45, 7) is 1.58. The summed E-state index contributed by atoms with van der Waals surface area (Å²) in [5.74, 6) is 0.235. The maximum atomic E-state index is 12.0. The topological polar surface area (TPSA) is 85.9 Å². The lowest BCUT2D eigenvalue weighted by atomic mass is 10.2. The zero-order valence-electron chi connectivity index (χ0n) is 13.6. The Morgan fingerprint density at radius 2 is 1.75 bits per heavy atom. The van der Waals surface area contributed by atoms with Gasteiger partial charge in [0.05, 0.1) is 7.05 Å². The minimum absolute atomic E-state index is 0.0981. The number of likely N-dealkylation sites (N-methyl/N-ethyl adjacent to an activating group) is 1. The molecular formula is C18H22N3O3+. The normalized spacial score (nSPS) is 11.5. The van der Waals surface area contributed by atoms with Crippen molar-refractivity contribution in [2.75, 3.05) is 32.1 Å². The quantitative estimate of drug-likeness (QED) is 0.652. The highest BCUT2D eigenvalue weighted by atomic mass is 16.5. The molecule has 0 saturated carbocycles. The lowest BCUT2D eigenvalue weighted by Gasteiger charge is -2.14. The molecule has 2 aromatic rings. The number of rotatable bonds is 8. The van der Waals surface area contributed by atoms with Crippen LogP contribution in [0.5, 0.6) is 5.75 Å². The molecule has 24 heavy (non-hydrogen) atoms. The van der Waals surface area contributed by atoms with Crippen LogP contribution in [0.25, 0.3) is 0 Å². The molecule has 0 bridgehead atoms. The SMILES string of the molecule is C[NH+](CCOc1ccccc1)CC(=O)Nc1ccc(C(N)=O)cc1. The minimum atomic E-state index is -0.490. The van der Waals surface area contributed by atoms with Crippen LogP contribution in [0.15, 0.2) is 54.6 Å². The first kappa shape index (κ1) is 17.5. The van der Waals surface area contributed by atoms with Crippen molar-refractivity contribution in [3.05, 3.63) is 60.2 Å². The van der Waals surface area contributed by atoms with Crippen LogP contribution in [-0.2, 0) is 4.79 Å². The van der Waals surface area contributed by atoms with Gasteiger partial charge in [0.25, 0.3) is 5.91 Å². The van der Waals surface area contributed by atoms with Gasteiger partial charge in [0.15, 0.2) is 6.54 Å². The largest absolute Gasteiger partial charge is 0.488 e. The molecule has 0 spiro atoms. The number of para-hydroxylation sites is 1. The predicted octanol–water partition coefficient (Wildman–Crippen LogP) is 0.318. The smallest absolute Gasteiger partial charge is 0.279 e. The molecule has 6 heteroatoms. The molecule has 0 saturated heterocycles. The minimum Gasteiger partial charge on any atom is -0.488 e. The van der Waals surface area contributed by atoms with Gasteiger partial charge in [0, 0.05) is 11.3 Å². The van der Waals surface area contributed by atoms with E-state index in [1.165, 1.54) is 0 Å². The third kappa shape index (κ3) is 5.73. The van der Waals surface area contributed by atoms with E-state index >= 15 is 0 Å². The van der Waals surface area contributed by atoms with Crippen molar-refractivity contribution in [1.29, 1.82) is 0 Å². The molecule has 4 N–H and O–H groups in total. The van der Waals surface area contributed by atoms with Crippen LogP contribution in [-0.4, -0.2) is 38.6 Å². The molecule has 0 aromatic heterocycles. The van der Waals surface area contributed by atoms with Gasteiger partial charge in [-0.05, 0) is 36.4 Å². The molecule has 1 unspecified atom stereocenters. The van der Waals surface area contributed by atoms with Gasteiger partial charge < -0.3 is 20.7 Å². The number of primary amides is 1. The van der Waals surface area contributed by atoms with Crippen molar-refractivity contribution < 1.29 is 19.2 Å². The molecule has 0 aliphatic carbocycles. The first-order valence-electron chi connectivity index (χ1n) is 7.73. The van der Waals surface area contributed by atoms with Crippen LogP contribution in [0.4, 0.5) is 5.69 Å². The first-order valence-corrected chi connectivity index (χ1v) is 7.73. The van der Waals surface area contributed by atoms with Gasteiger partial charge in [-0.15, -0.1) is 0 Å². The molecule has 0 aliphatic heterocycles. The van der Waals surface area contributed by atoms with Crippen LogP contribution in [0.3, 0.4) is 0 Å². The Morgan fingerprint density at radius 1 is 1.08 bits per heavy atom. The van der Waals surface area contributed by atoms with E-state index in [1.807, 2.05) is 37.4 Å². The number of hydrogen-bond acceptors (Lipinski definition) is 3. The average molecular weight is 328 g/mol. The van der Waals surface area contributed by atoms with E-state index < -0.39 is 5.91 Å². The zero-order valence-corrected chi connectivity index (χ0v) is 13.6. The number of hydrogen-bond donors (Lipinski definition) is 3. The summed E-state index contributed by atoms with van der Waals surface area (Å²) in [6, 6.07) is 16.1. The number of ether oxygens (including phenoxy) is 1. The lowest BCUT2D eigenvalue weighted by molar-refractivity contribution is -0.871. The summed E-state index contributed by atoms with van der Waals surface area (Å²) in [4.78, 5) is 24.1. The van der Waals surface area contributed by atoms with E-state index in [2.05, 4.69) is 5.32 Å². The Labute approximate surface area is 141 Å². The molecule has 0 heterocycles. The summed E-state index contributed by atoms with van der Waals surface area (Å²) in [7, 11) is 1.93. The van der Waals surface area contributed by atoms with Gasteiger partial charge in [0.2, 0.25) is 5.91 Å². The molecule has 0 fully saturated rings. The Kier molecular flexibility index (Phi) is 6.33. The Morgan fingerprint density at radius 3 is 2.38 bits per heavy atom. The molecule has 126 valence electrons. The number of benzene rings is 2. The van der Waals surface area contributed by atoms with Crippen LogP contribution < -0.4 is 20.7 Å².